The number of hydrogen-bond acceptors (Lipinski definition) is 6. The van der Waals surface area contributed by atoms with E-state index in [1.54, 1.807) is 6.08 Å². The van der Waals surface area contributed by atoms with Crippen LogP contribution in [0.15, 0.2) is 48.1 Å². The van der Waals surface area contributed by atoms with Gasteiger partial charge in [0.15, 0.2) is 0 Å². The summed E-state index contributed by atoms with van der Waals surface area (Å²) in [5, 5.41) is 10.7. The maximum absolute atomic E-state index is 12.7. The lowest BCUT2D eigenvalue weighted by atomic mass is 9.77. The lowest BCUT2D eigenvalue weighted by molar-refractivity contribution is -0.161. The van der Waals surface area contributed by atoms with E-state index >= 15 is 0 Å². The van der Waals surface area contributed by atoms with Gasteiger partial charge in [-0.3, -0.25) is 4.79 Å². The zero-order valence-corrected chi connectivity index (χ0v) is 19.5. The molecular weight excluding hydrogens is 408 g/mol. The topological polar surface area (TPSA) is 85.4 Å². The summed E-state index contributed by atoms with van der Waals surface area (Å²) in [6.07, 6.45) is 3.72. The van der Waals surface area contributed by atoms with Crippen LogP contribution in [0.3, 0.4) is 0 Å². The van der Waals surface area contributed by atoms with Gasteiger partial charge < -0.3 is 19.3 Å². The van der Waals surface area contributed by atoms with Gasteiger partial charge in [0, 0.05) is 25.3 Å². The molecule has 1 aromatic carbocycles. The Kier molecular flexibility index (Phi) is 7.57. The molecule has 1 saturated heterocycles. The first kappa shape index (κ1) is 24.2. The highest BCUT2D eigenvalue weighted by atomic mass is 16.7. The number of rotatable bonds is 5. The fraction of sp³-hybridized carbons (Fsp3) is 0.538. The summed E-state index contributed by atoms with van der Waals surface area (Å²) in [4.78, 5) is 24.7. The summed E-state index contributed by atoms with van der Waals surface area (Å²) in [6, 6.07) is 9.53. The molecule has 1 N–H and O–H groups in total. The molecule has 1 heterocycles. The van der Waals surface area contributed by atoms with Crippen molar-refractivity contribution in [3.8, 4) is 0 Å². The standard InChI is InChI=1S/C26H34O6/c1-16(2)23-20(31-22(29)14-12-19-9-7-6-8-10-19)15-17(3)11-13-21(28)26(5)25(32-26)24(23)30-18(4)27/h6-12,14,16,20-21,23-25,28H,13,15H2,1-5H3/b14-12+,17-11+/t20-,21?,23+,24?,25-,26-/m0/s1. The van der Waals surface area contributed by atoms with E-state index in [9.17, 15) is 14.7 Å². The van der Waals surface area contributed by atoms with Crippen LogP contribution in [0.5, 0.6) is 0 Å². The van der Waals surface area contributed by atoms with Crippen LogP contribution in [0.1, 0.15) is 53.0 Å². The van der Waals surface area contributed by atoms with Crippen LogP contribution >= 0.6 is 0 Å². The molecule has 6 heteroatoms. The number of esters is 2. The Bertz CT molecular complexity index is 874. The molecule has 0 spiro atoms. The first-order valence-electron chi connectivity index (χ1n) is 11.2. The summed E-state index contributed by atoms with van der Waals surface area (Å²) in [5.41, 5.74) is 1.10. The van der Waals surface area contributed by atoms with E-state index in [0.29, 0.717) is 12.8 Å². The van der Waals surface area contributed by atoms with Crippen molar-refractivity contribution in [1.29, 1.82) is 0 Å². The van der Waals surface area contributed by atoms with Crippen molar-refractivity contribution < 1.29 is 28.9 Å². The van der Waals surface area contributed by atoms with Crippen molar-refractivity contribution in [2.45, 2.75) is 77.5 Å². The number of hydrogen-bond donors (Lipinski definition) is 1. The van der Waals surface area contributed by atoms with Crippen LogP contribution < -0.4 is 0 Å². The van der Waals surface area contributed by atoms with E-state index in [1.165, 1.54) is 13.0 Å². The van der Waals surface area contributed by atoms with Crippen molar-refractivity contribution in [1.82, 2.24) is 0 Å². The molecule has 1 aromatic rings. The number of fused-ring (bicyclic) bond motifs is 1. The van der Waals surface area contributed by atoms with E-state index in [0.717, 1.165) is 11.1 Å². The second kappa shape index (κ2) is 10.0. The minimum absolute atomic E-state index is 0.0353. The first-order chi connectivity index (χ1) is 15.1. The minimum Gasteiger partial charge on any atom is -0.459 e. The van der Waals surface area contributed by atoms with Gasteiger partial charge in [-0.1, -0.05) is 55.8 Å². The predicted octanol–water partition coefficient (Wildman–Crippen LogP) is 4.07. The van der Waals surface area contributed by atoms with Crippen molar-refractivity contribution in [3.05, 3.63) is 53.6 Å². The molecule has 6 nitrogen and oxygen atoms in total. The zero-order chi connectivity index (χ0) is 23.5. The van der Waals surface area contributed by atoms with Crippen LogP contribution in [-0.2, 0) is 23.8 Å². The molecule has 3 rings (SSSR count). The molecule has 0 saturated carbocycles. The van der Waals surface area contributed by atoms with Crippen LogP contribution in [0.25, 0.3) is 6.08 Å². The van der Waals surface area contributed by atoms with Crippen molar-refractivity contribution >= 4 is 18.0 Å². The fourth-order valence-corrected chi connectivity index (χ4v) is 4.58. The monoisotopic (exact) mass is 442 g/mol. The number of benzene rings is 1. The van der Waals surface area contributed by atoms with Crippen molar-refractivity contribution in [2.75, 3.05) is 0 Å². The third-order valence-corrected chi connectivity index (χ3v) is 6.42. The Labute approximate surface area is 190 Å². The van der Waals surface area contributed by atoms with Crippen molar-refractivity contribution in [2.24, 2.45) is 11.8 Å². The number of carbonyl (C=O) groups excluding carboxylic acids is 2. The highest BCUT2D eigenvalue weighted by Gasteiger charge is 2.64. The van der Waals surface area contributed by atoms with Gasteiger partial charge in [0.25, 0.3) is 0 Å². The molecular formula is C26H34O6. The normalized spacial score (nSPS) is 34.3. The predicted molar refractivity (Wildman–Crippen MR) is 122 cm³/mol. The molecule has 0 amide bonds. The van der Waals surface area contributed by atoms with Crippen LogP contribution in [0.2, 0.25) is 0 Å². The van der Waals surface area contributed by atoms with E-state index in [2.05, 4.69) is 0 Å². The Hall–Kier alpha value is -2.44. The molecule has 174 valence electrons. The number of aliphatic hydroxyl groups is 1. The number of carbonyl (C=O) groups is 2. The maximum atomic E-state index is 12.7. The van der Waals surface area contributed by atoms with Gasteiger partial charge >= 0.3 is 11.9 Å². The lowest BCUT2D eigenvalue weighted by Crippen LogP contribution is -2.46. The average molecular weight is 443 g/mol. The van der Waals surface area contributed by atoms with Crippen LogP contribution in [0.4, 0.5) is 0 Å². The SMILES string of the molecule is CC(=O)OC1[C@H](C(C)C)[C@@H](OC(=O)/C=C/c2ccccc2)C/C(C)=C/CC(O)[C@]2(C)O[C@@H]12. The summed E-state index contributed by atoms with van der Waals surface area (Å²) in [7, 11) is 0. The van der Waals surface area contributed by atoms with Crippen LogP contribution in [-0.4, -0.2) is 47.1 Å². The second-order valence-electron chi connectivity index (χ2n) is 9.34. The third-order valence-electron chi connectivity index (χ3n) is 6.42. The Morgan fingerprint density at radius 1 is 1.22 bits per heavy atom. The fourth-order valence-electron chi connectivity index (χ4n) is 4.58. The molecule has 0 aromatic heterocycles. The van der Waals surface area contributed by atoms with Gasteiger partial charge in [-0.25, -0.2) is 4.79 Å². The summed E-state index contributed by atoms with van der Waals surface area (Å²) >= 11 is 0. The van der Waals surface area contributed by atoms with Crippen molar-refractivity contribution in [3.63, 3.8) is 0 Å². The molecule has 0 radical (unpaired) electrons. The molecule has 1 aliphatic heterocycles. The summed E-state index contributed by atoms with van der Waals surface area (Å²) in [5.74, 6) is -1.14. The van der Waals surface area contributed by atoms with Gasteiger partial charge in [-0.05, 0) is 37.8 Å². The number of aliphatic hydroxyl groups excluding tert-OH is 1. The third kappa shape index (κ3) is 5.67. The van der Waals surface area contributed by atoms with E-state index in [1.807, 2.05) is 64.1 Å². The van der Waals surface area contributed by atoms with Gasteiger partial charge in [0.2, 0.25) is 0 Å². The van der Waals surface area contributed by atoms with Gasteiger partial charge in [-0.2, -0.15) is 0 Å². The molecule has 1 fully saturated rings. The Balaban J connectivity index is 1.90. The number of ether oxygens (including phenoxy) is 3. The quantitative estimate of drug-likeness (QED) is 0.320. The highest BCUT2D eigenvalue weighted by Crippen LogP contribution is 2.48. The summed E-state index contributed by atoms with van der Waals surface area (Å²) < 4.78 is 17.6. The molecule has 1 aliphatic carbocycles. The Morgan fingerprint density at radius 2 is 1.91 bits per heavy atom. The average Bonchev–Trinajstić information content (AvgIpc) is 3.42. The highest BCUT2D eigenvalue weighted by molar-refractivity contribution is 5.87. The smallest absolute Gasteiger partial charge is 0.331 e. The molecule has 2 unspecified atom stereocenters. The molecule has 32 heavy (non-hydrogen) atoms. The van der Waals surface area contributed by atoms with Crippen LogP contribution in [0, 0.1) is 11.8 Å². The Morgan fingerprint density at radius 3 is 2.53 bits per heavy atom. The van der Waals surface area contributed by atoms with E-state index in [4.69, 9.17) is 14.2 Å². The molecule has 2 aliphatic rings. The lowest BCUT2D eigenvalue weighted by Gasteiger charge is -2.36. The molecule has 6 atom stereocenters. The second-order valence-corrected chi connectivity index (χ2v) is 9.34. The number of epoxide rings is 1. The summed E-state index contributed by atoms with van der Waals surface area (Å²) in [6.45, 7) is 9.19. The zero-order valence-electron chi connectivity index (χ0n) is 19.5. The largest absolute Gasteiger partial charge is 0.459 e. The van der Waals surface area contributed by atoms with Gasteiger partial charge in [-0.15, -0.1) is 0 Å². The maximum Gasteiger partial charge on any atom is 0.331 e. The van der Waals surface area contributed by atoms with Gasteiger partial charge in [0.05, 0.1) is 6.10 Å². The minimum atomic E-state index is -0.802. The van der Waals surface area contributed by atoms with Gasteiger partial charge in [0.1, 0.15) is 23.9 Å². The van der Waals surface area contributed by atoms with E-state index < -0.39 is 42.0 Å². The molecule has 0 bridgehead atoms. The van der Waals surface area contributed by atoms with E-state index in [-0.39, 0.29) is 11.8 Å². The first-order valence-corrected chi connectivity index (χ1v) is 11.2.